The number of phenols is 1. The Morgan fingerprint density at radius 3 is 2.77 bits per heavy atom. The van der Waals surface area contributed by atoms with Crippen LogP contribution in [0.5, 0.6) is 17.6 Å². The van der Waals surface area contributed by atoms with Crippen molar-refractivity contribution in [2.75, 3.05) is 51.5 Å². The number of rotatable bonds is 4. The zero-order valence-electron chi connectivity index (χ0n) is 23.9. The van der Waals surface area contributed by atoms with Crippen molar-refractivity contribution in [1.29, 1.82) is 0 Å². The Kier molecular flexibility index (Phi) is 5.93. The van der Waals surface area contributed by atoms with Crippen LogP contribution in [0, 0.1) is 24.0 Å². The average molecular weight is 604 g/mol. The zero-order valence-corrected chi connectivity index (χ0v) is 23.9. The SMILES string of the molecule is C#Cc1c(F)ccc2cc(O)cc(-c3nc4c5c(nc(OC[C@@]67CCCN6C[C@H](F)C7)nc5c3F)N(C)C3(COC3)CO4)c12. The number of aromatic hydroxyl groups is 1. The topological polar surface area (TPSA) is 93.1 Å². The molecule has 3 saturated heterocycles. The van der Waals surface area contributed by atoms with Gasteiger partial charge in [0.05, 0.1) is 24.3 Å². The molecule has 4 aliphatic heterocycles. The summed E-state index contributed by atoms with van der Waals surface area (Å²) in [6.07, 6.45) is 6.82. The van der Waals surface area contributed by atoms with Gasteiger partial charge in [-0.05, 0) is 43.0 Å². The van der Waals surface area contributed by atoms with E-state index in [1.165, 1.54) is 24.3 Å². The Balaban J connectivity index is 1.33. The molecule has 2 atom stereocenters. The number of phenolic OH excluding ortho intramolecular Hbond substituents is 1. The molecule has 1 N–H and O–H groups in total. The molecule has 12 heteroatoms. The van der Waals surface area contributed by atoms with Crippen LogP contribution in [0.4, 0.5) is 19.0 Å². The highest BCUT2D eigenvalue weighted by Crippen LogP contribution is 2.46. The van der Waals surface area contributed by atoms with Gasteiger partial charge in [0, 0.05) is 31.0 Å². The van der Waals surface area contributed by atoms with E-state index in [0.29, 0.717) is 37.4 Å². The fraction of sp³-hybridized carbons (Fsp3) is 0.406. The molecule has 44 heavy (non-hydrogen) atoms. The fourth-order valence-corrected chi connectivity index (χ4v) is 7.23. The van der Waals surface area contributed by atoms with Crippen molar-refractivity contribution >= 4 is 27.5 Å². The summed E-state index contributed by atoms with van der Waals surface area (Å²) in [7, 11) is 1.82. The summed E-state index contributed by atoms with van der Waals surface area (Å²) in [6, 6.07) is 5.29. The first kappa shape index (κ1) is 27.2. The lowest BCUT2D eigenvalue weighted by molar-refractivity contribution is -0.0736. The quantitative estimate of drug-likeness (QED) is 0.342. The third kappa shape index (κ3) is 3.85. The van der Waals surface area contributed by atoms with E-state index < -0.39 is 28.9 Å². The van der Waals surface area contributed by atoms with Crippen LogP contribution in [0.2, 0.25) is 0 Å². The molecule has 8 rings (SSSR count). The number of hydrogen-bond acceptors (Lipinski definition) is 9. The van der Waals surface area contributed by atoms with E-state index in [0.717, 1.165) is 19.4 Å². The summed E-state index contributed by atoms with van der Waals surface area (Å²) in [5, 5.41) is 11.4. The Morgan fingerprint density at radius 2 is 2.00 bits per heavy atom. The van der Waals surface area contributed by atoms with Crippen molar-refractivity contribution in [1.82, 2.24) is 19.9 Å². The Morgan fingerprint density at radius 1 is 1.16 bits per heavy atom. The maximum atomic E-state index is 16.8. The van der Waals surface area contributed by atoms with E-state index in [-0.39, 0.29) is 64.0 Å². The Hall–Kier alpha value is -4.34. The molecule has 0 amide bonds. The second kappa shape index (κ2) is 9.58. The highest BCUT2D eigenvalue weighted by Gasteiger charge is 2.50. The predicted octanol–water partition coefficient (Wildman–Crippen LogP) is 4.36. The first-order valence-corrected chi connectivity index (χ1v) is 14.5. The molecule has 0 unspecified atom stereocenters. The van der Waals surface area contributed by atoms with E-state index in [9.17, 15) is 13.9 Å². The summed E-state index contributed by atoms with van der Waals surface area (Å²) in [6.45, 7) is 2.19. The monoisotopic (exact) mass is 603 g/mol. The Bertz CT molecular complexity index is 1910. The van der Waals surface area contributed by atoms with Gasteiger partial charge in [0.2, 0.25) is 5.88 Å². The molecule has 226 valence electrons. The number of aromatic nitrogens is 3. The Labute approximate surface area is 250 Å². The van der Waals surface area contributed by atoms with E-state index in [1.807, 2.05) is 11.9 Å². The van der Waals surface area contributed by atoms with Crippen LogP contribution < -0.4 is 14.4 Å². The molecule has 4 aliphatic rings. The molecule has 6 heterocycles. The van der Waals surface area contributed by atoms with Gasteiger partial charge in [0.1, 0.15) is 58.9 Å². The maximum absolute atomic E-state index is 16.8. The lowest BCUT2D eigenvalue weighted by Crippen LogP contribution is -2.64. The number of anilines is 1. The number of fused-ring (bicyclic) bond motifs is 2. The highest BCUT2D eigenvalue weighted by molar-refractivity contribution is 6.04. The number of ether oxygens (including phenoxy) is 3. The summed E-state index contributed by atoms with van der Waals surface area (Å²) in [4.78, 5) is 17.8. The van der Waals surface area contributed by atoms with Crippen LogP contribution in [-0.4, -0.2) is 88.8 Å². The van der Waals surface area contributed by atoms with E-state index >= 15 is 4.39 Å². The van der Waals surface area contributed by atoms with Gasteiger partial charge in [-0.25, -0.2) is 18.2 Å². The number of pyridine rings is 1. The minimum atomic E-state index is -0.939. The molecule has 9 nitrogen and oxygen atoms in total. The minimum absolute atomic E-state index is 0.0698. The van der Waals surface area contributed by atoms with Gasteiger partial charge in [0.15, 0.2) is 5.82 Å². The molecule has 2 aromatic carbocycles. The van der Waals surface area contributed by atoms with Crippen molar-refractivity contribution < 1.29 is 32.5 Å². The molecule has 0 bridgehead atoms. The van der Waals surface area contributed by atoms with Crippen LogP contribution >= 0.6 is 0 Å². The van der Waals surface area contributed by atoms with E-state index in [4.69, 9.17) is 25.6 Å². The number of alkyl halides is 1. The van der Waals surface area contributed by atoms with E-state index in [1.54, 1.807) is 0 Å². The number of halogens is 3. The summed E-state index contributed by atoms with van der Waals surface area (Å²) in [5.41, 5.74) is -1.42. The molecular formula is C32H28F3N5O4. The lowest BCUT2D eigenvalue weighted by Gasteiger charge is -2.46. The standard InChI is InChI=1S/C32H28F3N5O4/c1-3-20-22(34)6-5-17-9-19(41)10-21(23(17)20)26-25(35)27-24-28(39(2)32(13-42-14-32)16-43-29(24)36-26)38-30(37-27)44-15-31-7-4-8-40(31)12-18(33)11-31/h1,5-6,9-10,18,41H,4,7-8,11-16H2,2H3/t18-,31+/m1/s1. The third-order valence-electron chi connectivity index (χ3n) is 9.64. The van der Waals surface area contributed by atoms with Crippen LogP contribution in [-0.2, 0) is 4.74 Å². The van der Waals surface area contributed by atoms with Crippen LogP contribution in [0.1, 0.15) is 24.8 Å². The molecule has 0 saturated carbocycles. The number of hydrogen-bond donors (Lipinski definition) is 1. The predicted molar refractivity (Wildman–Crippen MR) is 156 cm³/mol. The van der Waals surface area contributed by atoms with Crippen molar-refractivity contribution in [3.8, 4) is 41.2 Å². The second-order valence-electron chi connectivity index (χ2n) is 12.2. The molecule has 1 spiro atoms. The first-order chi connectivity index (χ1) is 21.2. The smallest absolute Gasteiger partial charge is 0.319 e. The largest absolute Gasteiger partial charge is 0.508 e. The molecule has 2 aromatic heterocycles. The second-order valence-corrected chi connectivity index (χ2v) is 12.2. The normalized spacial score (nSPS) is 23.8. The molecule has 4 aromatic rings. The number of terminal acetylenes is 1. The van der Waals surface area contributed by atoms with Crippen molar-refractivity contribution in [2.45, 2.75) is 36.5 Å². The van der Waals surface area contributed by atoms with Gasteiger partial charge in [-0.2, -0.15) is 9.97 Å². The van der Waals surface area contributed by atoms with Crippen molar-refractivity contribution in [2.24, 2.45) is 0 Å². The average Bonchev–Trinajstić information content (AvgIpc) is 3.47. The maximum Gasteiger partial charge on any atom is 0.319 e. The highest BCUT2D eigenvalue weighted by atomic mass is 19.1. The van der Waals surface area contributed by atoms with Gasteiger partial charge < -0.3 is 24.2 Å². The third-order valence-corrected chi connectivity index (χ3v) is 9.64. The van der Waals surface area contributed by atoms with Crippen molar-refractivity contribution in [3.63, 3.8) is 0 Å². The van der Waals surface area contributed by atoms with Crippen LogP contribution in [0.3, 0.4) is 0 Å². The van der Waals surface area contributed by atoms with E-state index in [2.05, 4.69) is 20.8 Å². The molecule has 0 radical (unpaired) electrons. The first-order valence-electron chi connectivity index (χ1n) is 14.5. The number of benzene rings is 2. The number of nitrogens with zero attached hydrogens (tertiary/aromatic N) is 5. The summed E-state index contributed by atoms with van der Waals surface area (Å²) >= 11 is 0. The number of likely N-dealkylation sites (N-methyl/N-ethyl adjacent to an activating group) is 1. The van der Waals surface area contributed by atoms with Crippen molar-refractivity contribution in [3.05, 3.63) is 41.5 Å². The van der Waals surface area contributed by atoms with Gasteiger partial charge in [-0.1, -0.05) is 12.0 Å². The van der Waals surface area contributed by atoms with Gasteiger partial charge >= 0.3 is 6.01 Å². The minimum Gasteiger partial charge on any atom is -0.508 e. The van der Waals surface area contributed by atoms with Gasteiger partial charge in [0.25, 0.3) is 0 Å². The van der Waals surface area contributed by atoms with Gasteiger partial charge in [-0.15, -0.1) is 6.42 Å². The molecule has 0 aliphatic carbocycles. The van der Waals surface area contributed by atoms with Crippen LogP contribution in [0.15, 0.2) is 24.3 Å². The zero-order chi connectivity index (χ0) is 30.4. The fourth-order valence-electron chi connectivity index (χ4n) is 7.23. The molecular weight excluding hydrogens is 575 g/mol. The summed E-state index contributed by atoms with van der Waals surface area (Å²) in [5.74, 6) is 1.08. The summed E-state index contributed by atoms with van der Waals surface area (Å²) < 4.78 is 64.0. The van der Waals surface area contributed by atoms with Crippen LogP contribution in [0.25, 0.3) is 32.9 Å². The lowest BCUT2D eigenvalue weighted by atomic mass is 9.95. The van der Waals surface area contributed by atoms with Gasteiger partial charge in [-0.3, -0.25) is 4.90 Å². The molecule has 3 fully saturated rings.